The van der Waals surface area contributed by atoms with Crippen molar-refractivity contribution in [2.24, 2.45) is 0 Å². The van der Waals surface area contributed by atoms with Crippen LogP contribution in [0.15, 0.2) is 18.6 Å². The fraction of sp³-hybridized carbons (Fsp3) is 0.818. The fourth-order valence-electron chi connectivity index (χ4n) is 7.35. The number of aryl methyl sites for hydroxylation is 1. The van der Waals surface area contributed by atoms with Gasteiger partial charge in [0.15, 0.2) is 18.9 Å². The molecule has 4 saturated heterocycles. The topological polar surface area (TPSA) is 379 Å². The van der Waals surface area contributed by atoms with Gasteiger partial charge < -0.3 is 89.3 Å². The number of ether oxygens (including phenoxy) is 7. The van der Waals surface area contributed by atoms with Crippen LogP contribution in [-0.2, 0) is 66.0 Å². The zero-order chi connectivity index (χ0) is 44.6. The summed E-state index contributed by atoms with van der Waals surface area (Å²) in [6, 6.07) is 0. The molecule has 0 bridgehead atoms. The van der Waals surface area contributed by atoms with Crippen LogP contribution < -0.4 is 0 Å². The third kappa shape index (κ3) is 9.91. The van der Waals surface area contributed by atoms with Gasteiger partial charge in [-0.15, -0.1) is 38.5 Å². The molecule has 348 valence electrons. The van der Waals surface area contributed by atoms with Crippen molar-refractivity contribution in [2.75, 3.05) is 12.5 Å². The summed E-state index contributed by atoms with van der Waals surface area (Å²) < 4.78 is 43.8. The Hall–Kier alpha value is -2.72. The smallest absolute Gasteiger partial charge is 0.214 e. The first-order valence-electron chi connectivity index (χ1n) is 19.3. The third-order valence-corrected chi connectivity index (χ3v) is 11.8. The molecule has 0 radical (unpaired) electrons. The molecule has 7 rings (SSSR count). The van der Waals surface area contributed by atoms with Crippen LogP contribution in [0.4, 0.5) is 0 Å². The van der Waals surface area contributed by atoms with Gasteiger partial charge in [0.2, 0.25) is 5.79 Å². The molecule has 4 aliphatic heterocycles. The van der Waals surface area contributed by atoms with Gasteiger partial charge >= 0.3 is 0 Å². The number of rotatable bonds is 16. The molecule has 27 nitrogen and oxygen atoms in total. The normalized spacial score (nSPS) is 41.5. The van der Waals surface area contributed by atoms with E-state index in [1.54, 1.807) is 13.1 Å². The maximum absolute atomic E-state index is 10.9. The van der Waals surface area contributed by atoms with Gasteiger partial charge in [-0.1, -0.05) is 15.6 Å². The number of hydrogen-bond donors (Lipinski definition) is 11. The number of aliphatic hydroxyl groups is 11. The van der Waals surface area contributed by atoms with Gasteiger partial charge in [0.05, 0.1) is 68.8 Å². The summed E-state index contributed by atoms with van der Waals surface area (Å²) in [7, 11) is 0. The van der Waals surface area contributed by atoms with E-state index in [0.717, 1.165) is 0 Å². The van der Waals surface area contributed by atoms with Crippen LogP contribution in [0.1, 0.15) is 17.1 Å². The van der Waals surface area contributed by atoms with Crippen molar-refractivity contribution in [3.05, 3.63) is 35.7 Å². The summed E-state index contributed by atoms with van der Waals surface area (Å²) >= 11 is 12.2. The minimum atomic E-state index is -2.15. The van der Waals surface area contributed by atoms with E-state index in [0.29, 0.717) is 5.69 Å². The summed E-state index contributed by atoms with van der Waals surface area (Å²) in [5.74, 6) is -2.72. The molecular weight excluding hydrogens is 881 g/mol. The van der Waals surface area contributed by atoms with Crippen LogP contribution in [0.5, 0.6) is 0 Å². The van der Waals surface area contributed by atoms with Crippen LogP contribution in [0.3, 0.4) is 0 Å². The predicted octanol–water partition coefficient (Wildman–Crippen LogP) is -7.06. The van der Waals surface area contributed by atoms with Crippen molar-refractivity contribution in [3.63, 3.8) is 0 Å². The second-order valence-electron chi connectivity index (χ2n) is 15.4. The number of alkyl halides is 2. The molecule has 62 heavy (non-hydrogen) atoms. The fourth-order valence-corrected chi connectivity index (χ4v) is 7.92. The lowest BCUT2D eigenvalue weighted by molar-refractivity contribution is -0.358. The Morgan fingerprint density at radius 2 is 1.06 bits per heavy atom. The van der Waals surface area contributed by atoms with Crippen molar-refractivity contribution in [1.82, 2.24) is 45.0 Å². The average Bonchev–Trinajstić information content (AvgIpc) is 4.06. The molecule has 4 fully saturated rings. The molecule has 4 aliphatic rings. The van der Waals surface area contributed by atoms with Crippen LogP contribution in [0, 0.1) is 6.92 Å². The molecule has 3 aromatic heterocycles. The Bertz CT molecular complexity index is 1900. The van der Waals surface area contributed by atoms with Crippen LogP contribution >= 0.6 is 23.2 Å². The van der Waals surface area contributed by atoms with Crippen molar-refractivity contribution in [2.45, 2.75) is 155 Å². The van der Waals surface area contributed by atoms with Crippen LogP contribution in [0.2, 0.25) is 0 Å². The van der Waals surface area contributed by atoms with Crippen molar-refractivity contribution >= 4 is 23.2 Å². The Labute approximate surface area is 360 Å². The number of nitrogens with zero attached hydrogens (tertiary/aromatic N) is 9. The Morgan fingerprint density at radius 3 is 1.55 bits per heavy atom. The predicted molar refractivity (Wildman–Crippen MR) is 197 cm³/mol. The van der Waals surface area contributed by atoms with E-state index in [1.165, 1.54) is 26.4 Å². The molecule has 19 atom stereocenters. The van der Waals surface area contributed by atoms with E-state index >= 15 is 0 Å². The van der Waals surface area contributed by atoms with Crippen molar-refractivity contribution in [1.29, 1.82) is 0 Å². The quantitative estimate of drug-likeness (QED) is 0.0595. The van der Waals surface area contributed by atoms with E-state index in [2.05, 4.69) is 30.9 Å². The Morgan fingerprint density at radius 1 is 0.597 bits per heavy atom. The highest BCUT2D eigenvalue weighted by atomic mass is 35.5. The summed E-state index contributed by atoms with van der Waals surface area (Å²) in [6.45, 7) is 0.0994. The number of aromatic nitrogens is 9. The average molecular weight is 931 g/mol. The highest BCUT2D eigenvalue weighted by Crippen LogP contribution is 2.38. The highest BCUT2D eigenvalue weighted by Gasteiger charge is 2.58. The van der Waals surface area contributed by atoms with Crippen molar-refractivity contribution in [3.8, 4) is 0 Å². The van der Waals surface area contributed by atoms with E-state index in [9.17, 15) is 56.2 Å². The SMILES string of the molecule is Cc1cn(CC2O[C@H](OCc3cn(CC4O[C@H](OCc5cn(C[C@H]6OC(CCl)(O[C@H]7O[C@H](CO)[C@H](Cl)[C@H](O)C7O)[C@@H](O)[C@@H]6O)nn5)[C@@H](O)[C@@H](O)[C@@H]4O)nn3)[C@@H](O)[C@@H](O)[C@@H]2O)nn1. The zero-order valence-corrected chi connectivity index (χ0v) is 34.1. The third-order valence-electron chi connectivity index (χ3n) is 10.9. The standard InChI is InChI=1S/C33H49Cl2N9O18/c1-12-2-42(39-36-12)5-15-20(46)24(50)27(53)30(58-15)56-9-13-3-43(40-37-13)6-16-21(47)25(51)28(54)31(59-16)57-10-14-4-44(41-38-14)7-17-22(48)29(55)33(11-34,61-17)62-32-26(52)23(49)19(35)18(8-45)60-32/h2-4,15-32,45-55H,5-11H2,1H3/t15?,16?,17-,18-,19+,20-,21-,22-,23+,24+,25+,26?,27+,28+,29+,30+,31+,32-,33?/m1/s1. The van der Waals surface area contributed by atoms with Gasteiger partial charge in [-0.25, -0.2) is 14.0 Å². The molecule has 0 aliphatic carbocycles. The summed E-state index contributed by atoms with van der Waals surface area (Å²) in [4.78, 5) is 0. The van der Waals surface area contributed by atoms with Gasteiger partial charge in [-0.05, 0) is 6.92 Å². The maximum Gasteiger partial charge on any atom is 0.214 e. The lowest BCUT2D eigenvalue weighted by Gasteiger charge is -2.43. The summed E-state index contributed by atoms with van der Waals surface area (Å²) in [5.41, 5.74) is 1.04. The first-order valence-corrected chi connectivity index (χ1v) is 20.3. The lowest BCUT2D eigenvalue weighted by atomic mass is 9.99. The summed E-state index contributed by atoms with van der Waals surface area (Å²) in [6.07, 6.45) is -21.0. The van der Waals surface area contributed by atoms with E-state index in [4.69, 9.17) is 56.4 Å². The van der Waals surface area contributed by atoms with E-state index in [1.807, 2.05) is 0 Å². The summed E-state index contributed by atoms with van der Waals surface area (Å²) in [5, 5.41) is 138. The minimum Gasteiger partial charge on any atom is -0.394 e. The molecule has 7 heterocycles. The van der Waals surface area contributed by atoms with Crippen molar-refractivity contribution < 1.29 is 89.3 Å². The number of halogens is 2. The minimum absolute atomic E-state index is 0.0136. The molecule has 29 heteroatoms. The monoisotopic (exact) mass is 929 g/mol. The molecule has 4 unspecified atom stereocenters. The first-order chi connectivity index (χ1) is 29.5. The molecule has 0 spiro atoms. The van der Waals surface area contributed by atoms with Gasteiger partial charge in [-0.3, -0.25) is 0 Å². The Balaban J connectivity index is 0.906. The zero-order valence-electron chi connectivity index (χ0n) is 32.6. The largest absolute Gasteiger partial charge is 0.394 e. The maximum atomic E-state index is 10.9. The van der Waals surface area contributed by atoms with Gasteiger partial charge in [-0.2, -0.15) is 0 Å². The van der Waals surface area contributed by atoms with Gasteiger partial charge in [0.25, 0.3) is 0 Å². The van der Waals surface area contributed by atoms with Gasteiger partial charge in [0.1, 0.15) is 96.8 Å². The molecule has 0 aromatic carbocycles. The molecule has 11 N–H and O–H groups in total. The number of hydrogen-bond acceptors (Lipinski definition) is 24. The first kappa shape index (κ1) is 47.2. The van der Waals surface area contributed by atoms with E-state index in [-0.39, 0.29) is 44.2 Å². The highest BCUT2D eigenvalue weighted by molar-refractivity contribution is 6.21. The van der Waals surface area contributed by atoms with Crippen LogP contribution in [0.25, 0.3) is 0 Å². The second-order valence-corrected chi connectivity index (χ2v) is 16.2. The van der Waals surface area contributed by atoms with E-state index < -0.39 is 128 Å². The Kier molecular flexibility index (Phi) is 15.1. The molecule has 0 amide bonds. The number of aliphatic hydroxyl groups excluding tert-OH is 11. The lowest BCUT2D eigenvalue weighted by Crippen LogP contribution is -2.61. The second kappa shape index (κ2) is 19.8. The molecule has 0 saturated carbocycles. The van der Waals surface area contributed by atoms with Crippen LogP contribution in [-0.4, -0.2) is 229 Å². The van der Waals surface area contributed by atoms with Gasteiger partial charge in [0, 0.05) is 6.20 Å². The molecular formula is C33H49Cl2N9O18. The molecule has 3 aromatic rings.